The van der Waals surface area contributed by atoms with Gasteiger partial charge in [0.25, 0.3) is 5.24 Å². The summed E-state index contributed by atoms with van der Waals surface area (Å²) in [5.74, 6) is 0. The second-order valence-electron chi connectivity index (χ2n) is 2.90. The Morgan fingerprint density at radius 3 is 2.40 bits per heavy atom. The Morgan fingerprint density at radius 2 is 1.87 bits per heavy atom. The Morgan fingerprint density at radius 1 is 1.20 bits per heavy atom. The van der Waals surface area contributed by atoms with Crippen molar-refractivity contribution in [2.75, 3.05) is 0 Å². The van der Waals surface area contributed by atoms with Crippen LogP contribution in [0.25, 0.3) is 5.69 Å². The average Bonchev–Trinajstić information content (AvgIpc) is 2.68. The third kappa shape index (κ3) is 2.19. The molecule has 0 amide bonds. The molecule has 1 aromatic carbocycles. The summed E-state index contributed by atoms with van der Waals surface area (Å²) in [7, 11) is 0. The third-order valence-corrected chi connectivity index (χ3v) is 2.33. The molecule has 1 aromatic heterocycles. The maximum Gasteiger partial charge on any atom is 0.272 e. The summed E-state index contributed by atoms with van der Waals surface area (Å²) in [4.78, 5) is 10.8. The molecule has 0 N–H and O–H groups in total. The molecule has 0 aliphatic rings. The van der Waals surface area contributed by atoms with Crippen LogP contribution >= 0.6 is 23.2 Å². The minimum absolute atomic E-state index is 0.228. The first kappa shape index (κ1) is 10.2. The monoisotopic (exact) mass is 240 g/mol. The lowest BCUT2D eigenvalue weighted by Crippen LogP contribution is -1.97. The number of rotatable bonds is 2. The molecule has 0 aliphatic heterocycles. The van der Waals surface area contributed by atoms with Gasteiger partial charge in [0, 0.05) is 11.2 Å². The van der Waals surface area contributed by atoms with Gasteiger partial charge >= 0.3 is 0 Å². The van der Waals surface area contributed by atoms with Gasteiger partial charge in [-0.1, -0.05) is 11.6 Å². The zero-order valence-corrected chi connectivity index (χ0v) is 9.03. The smallest absolute Gasteiger partial charge is 0.272 e. The summed E-state index contributed by atoms with van der Waals surface area (Å²) in [6, 6.07) is 8.67. The number of hydrogen-bond acceptors (Lipinski definition) is 2. The summed E-state index contributed by atoms with van der Waals surface area (Å²) >= 11 is 11.0. The third-order valence-electron chi connectivity index (χ3n) is 1.88. The molecular formula is C10H6Cl2N2O. The Hall–Kier alpha value is -1.32. The van der Waals surface area contributed by atoms with E-state index in [9.17, 15) is 4.79 Å². The van der Waals surface area contributed by atoms with E-state index in [2.05, 4.69) is 5.10 Å². The lowest BCUT2D eigenvalue weighted by molar-refractivity contribution is 0.107. The largest absolute Gasteiger partial charge is 0.274 e. The molecular weight excluding hydrogens is 235 g/mol. The van der Waals surface area contributed by atoms with Crippen LogP contribution in [0.3, 0.4) is 0 Å². The molecule has 0 saturated carbocycles. The van der Waals surface area contributed by atoms with Crippen molar-refractivity contribution in [2.24, 2.45) is 0 Å². The second-order valence-corrected chi connectivity index (χ2v) is 3.68. The maximum absolute atomic E-state index is 10.8. The number of carbonyl (C=O) groups is 1. The van der Waals surface area contributed by atoms with Crippen molar-refractivity contribution in [1.82, 2.24) is 9.78 Å². The topological polar surface area (TPSA) is 34.9 Å². The molecule has 15 heavy (non-hydrogen) atoms. The van der Waals surface area contributed by atoms with Gasteiger partial charge in [0.15, 0.2) is 0 Å². The Balaban J connectivity index is 2.37. The number of halogens is 2. The van der Waals surface area contributed by atoms with Crippen molar-refractivity contribution in [2.45, 2.75) is 0 Å². The van der Waals surface area contributed by atoms with Crippen molar-refractivity contribution in [1.29, 1.82) is 0 Å². The van der Waals surface area contributed by atoms with Crippen molar-refractivity contribution in [3.8, 4) is 5.69 Å². The normalized spacial score (nSPS) is 10.3. The highest BCUT2D eigenvalue weighted by Crippen LogP contribution is 2.13. The molecule has 2 aromatic rings. The highest BCUT2D eigenvalue weighted by Gasteiger charge is 2.06. The van der Waals surface area contributed by atoms with Gasteiger partial charge in [-0.05, 0) is 41.9 Å². The van der Waals surface area contributed by atoms with Crippen LogP contribution in [0.4, 0.5) is 0 Å². The Labute approximate surface area is 96.2 Å². The predicted octanol–water partition coefficient (Wildman–Crippen LogP) is 2.90. The zero-order valence-electron chi connectivity index (χ0n) is 7.52. The fourth-order valence-corrected chi connectivity index (χ4v) is 1.39. The fourth-order valence-electron chi connectivity index (χ4n) is 1.17. The lowest BCUT2D eigenvalue weighted by Gasteiger charge is -1.99. The number of carbonyl (C=O) groups excluding carboxylic acids is 1. The first-order valence-electron chi connectivity index (χ1n) is 4.18. The van der Waals surface area contributed by atoms with Crippen molar-refractivity contribution in [3.63, 3.8) is 0 Å². The van der Waals surface area contributed by atoms with E-state index in [0.29, 0.717) is 5.02 Å². The summed E-state index contributed by atoms with van der Waals surface area (Å²) in [6.45, 7) is 0. The SMILES string of the molecule is O=C(Cl)c1ccn(-c2ccc(Cl)cc2)n1. The molecule has 5 heteroatoms. The van der Waals surface area contributed by atoms with E-state index in [-0.39, 0.29) is 5.69 Å². The van der Waals surface area contributed by atoms with Crippen molar-refractivity contribution < 1.29 is 4.79 Å². The minimum Gasteiger partial charge on any atom is -0.274 e. The van der Waals surface area contributed by atoms with Crippen LogP contribution in [0.15, 0.2) is 36.5 Å². The van der Waals surface area contributed by atoms with E-state index in [1.54, 1.807) is 41.2 Å². The first-order valence-corrected chi connectivity index (χ1v) is 4.94. The maximum atomic E-state index is 10.8. The van der Waals surface area contributed by atoms with Gasteiger partial charge in [-0.3, -0.25) is 4.79 Å². The molecule has 0 atom stereocenters. The summed E-state index contributed by atoms with van der Waals surface area (Å²) < 4.78 is 1.56. The molecule has 3 nitrogen and oxygen atoms in total. The fraction of sp³-hybridized carbons (Fsp3) is 0. The van der Waals surface area contributed by atoms with Crippen LogP contribution in [0, 0.1) is 0 Å². The molecule has 0 aliphatic carbocycles. The summed E-state index contributed by atoms with van der Waals surface area (Å²) in [5.41, 5.74) is 1.05. The van der Waals surface area contributed by atoms with Crippen LogP contribution in [-0.2, 0) is 0 Å². The van der Waals surface area contributed by atoms with Gasteiger partial charge in [-0.25, -0.2) is 4.68 Å². The summed E-state index contributed by atoms with van der Waals surface area (Å²) in [5, 5.41) is 4.09. The van der Waals surface area contributed by atoms with Crippen LogP contribution < -0.4 is 0 Å². The number of aromatic nitrogens is 2. The van der Waals surface area contributed by atoms with Crippen LogP contribution in [-0.4, -0.2) is 15.0 Å². The minimum atomic E-state index is -0.567. The highest BCUT2D eigenvalue weighted by molar-refractivity contribution is 6.67. The molecule has 2 rings (SSSR count). The van der Waals surface area contributed by atoms with Crippen molar-refractivity contribution in [3.05, 3.63) is 47.2 Å². The van der Waals surface area contributed by atoms with E-state index < -0.39 is 5.24 Å². The number of hydrogen-bond donors (Lipinski definition) is 0. The number of benzene rings is 1. The van der Waals surface area contributed by atoms with E-state index in [1.165, 1.54) is 0 Å². The van der Waals surface area contributed by atoms with Crippen molar-refractivity contribution >= 4 is 28.4 Å². The van der Waals surface area contributed by atoms with Gasteiger partial charge in [-0.15, -0.1) is 0 Å². The molecule has 0 bridgehead atoms. The quantitative estimate of drug-likeness (QED) is 0.757. The highest BCUT2D eigenvalue weighted by atomic mass is 35.5. The van der Waals surface area contributed by atoms with E-state index in [0.717, 1.165) is 5.69 Å². The van der Waals surface area contributed by atoms with Gasteiger partial charge in [-0.2, -0.15) is 5.10 Å². The Kier molecular flexibility index (Phi) is 2.75. The zero-order chi connectivity index (χ0) is 10.8. The Bertz CT molecular complexity index is 490. The van der Waals surface area contributed by atoms with Gasteiger partial charge in [0.05, 0.1) is 5.69 Å². The van der Waals surface area contributed by atoms with Crippen LogP contribution in [0.2, 0.25) is 5.02 Å². The molecule has 0 saturated heterocycles. The predicted molar refractivity (Wildman–Crippen MR) is 58.8 cm³/mol. The standard InChI is InChI=1S/C10H6Cl2N2O/c11-7-1-3-8(4-2-7)14-6-5-9(13-14)10(12)15/h1-6H. The van der Waals surface area contributed by atoms with E-state index in [4.69, 9.17) is 23.2 Å². The lowest BCUT2D eigenvalue weighted by atomic mass is 10.3. The molecule has 1 heterocycles. The summed E-state index contributed by atoms with van der Waals surface area (Å²) in [6.07, 6.45) is 1.67. The van der Waals surface area contributed by atoms with Gasteiger partial charge < -0.3 is 0 Å². The molecule has 0 fully saturated rings. The second kappa shape index (κ2) is 4.04. The van der Waals surface area contributed by atoms with E-state index >= 15 is 0 Å². The van der Waals surface area contributed by atoms with Crippen LogP contribution in [0.1, 0.15) is 10.5 Å². The number of nitrogens with zero attached hydrogens (tertiary/aromatic N) is 2. The van der Waals surface area contributed by atoms with E-state index in [1.807, 2.05) is 0 Å². The average molecular weight is 241 g/mol. The molecule has 0 spiro atoms. The first-order chi connectivity index (χ1) is 7.16. The molecule has 0 unspecified atom stereocenters. The van der Waals surface area contributed by atoms with Gasteiger partial charge in [0.2, 0.25) is 0 Å². The van der Waals surface area contributed by atoms with Crippen LogP contribution in [0.5, 0.6) is 0 Å². The molecule has 0 radical (unpaired) electrons. The van der Waals surface area contributed by atoms with Gasteiger partial charge in [0.1, 0.15) is 5.69 Å². The molecule has 76 valence electrons.